The van der Waals surface area contributed by atoms with Crippen molar-refractivity contribution in [3.63, 3.8) is 0 Å². The highest BCUT2D eigenvalue weighted by Gasteiger charge is 2.19. The van der Waals surface area contributed by atoms with Gasteiger partial charge in [0.15, 0.2) is 11.6 Å². The fraction of sp³-hybridized carbons (Fsp3) is 0.182. The van der Waals surface area contributed by atoms with Crippen LogP contribution in [0.2, 0.25) is 0 Å². The Hall–Kier alpha value is -2.17. The van der Waals surface area contributed by atoms with Crippen molar-refractivity contribution in [3.8, 4) is 11.4 Å². The Kier molecular flexibility index (Phi) is 2.68. The van der Waals surface area contributed by atoms with E-state index in [9.17, 15) is 4.79 Å². The second kappa shape index (κ2) is 4.14. The molecule has 0 saturated carbocycles. The first-order chi connectivity index (χ1) is 7.76. The van der Waals surface area contributed by atoms with E-state index in [0.29, 0.717) is 35.8 Å². The minimum Gasteiger partial charge on any atom is -0.384 e. The van der Waals surface area contributed by atoms with Gasteiger partial charge in [0.2, 0.25) is 0 Å². The molecule has 1 N–H and O–H groups in total. The summed E-state index contributed by atoms with van der Waals surface area (Å²) in [6.45, 7) is 7.16. The Balaban J connectivity index is 2.57. The minimum absolute atomic E-state index is 0.330. The number of hydrogen-bond donors (Lipinski definition) is 1. The number of hydrogen-bond acceptors (Lipinski definition) is 4. The second-order valence-electron chi connectivity index (χ2n) is 3.28. The van der Waals surface area contributed by atoms with Crippen molar-refractivity contribution >= 4 is 0 Å². The van der Waals surface area contributed by atoms with Crippen molar-refractivity contribution in [1.29, 1.82) is 0 Å². The summed E-state index contributed by atoms with van der Waals surface area (Å²) in [7, 11) is 0. The summed E-state index contributed by atoms with van der Waals surface area (Å²) >= 11 is 0. The zero-order chi connectivity index (χ0) is 11.5. The van der Waals surface area contributed by atoms with Gasteiger partial charge in [-0.1, -0.05) is 12.2 Å². The van der Waals surface area contributed by atoms with Crippen LogP contribution in [0, 0.1) is 0 Å². The van der Waals surface area contributed by atoms with E-state index in [2.05, 4.69) is 28.3 Å². The molecule has 0 spiro atoms. The third kappa shape index (κ3) is 1.67. The molecule has 0 aromatic carbocycles. The van der Waals surface area contributed by atoms with Gasteiger partial charge in [0.1, 0.15) is 11.4 Å². The second-order valence-corrected chi connectivity index (χ2v) is 3.28. The maximum atomic E-state index is 11.7. The molecule has 82 valence electrons. The molecule has 0 bridgehead atoms. The number of aromatic nitrogens is 3. The first kappa shape index (κ1) is 10.4. The number of fused-ring (bicyclic) bond motifs is 1. The third-order valence-corrected chi connectivity index (χ3v) is 2.13. The van der Waals surface area contributed by atoms with Crippen molar-refractivity contribution < 1.29 is 4.52 Å². The lowest BCUT2D eigenvalue weighted by molar-refractivity contribution is 0.394. The monoisotopic (exact) mass is 217 g/mol. The van der Waals surface area contributed by atoms with Crippen LogP contribution in [0.3, 0.4) is 0 Å². The highest BCUT2D eigenvalue weighted by atomic mass is 16.5. The number of nitrogens with zero attached hydrogens (tertiary/aromatic N) is 2. The molecule has 2 aliphatic rings. The Bertz CT molecular complexity index is 553. The van der Waals surface area contributed by atoms with E-state index in [4.69, 9.17) is 4.52 Å². The summed E-state index contributed by atoms with van der Waals surface area (Å²) in [6.07, 6.45) is 4.23. The molecule has 2 heterocycles. The fourth-order valence-electron chi connectivity index (χ4n) is 1.47. The number of allylic oxidation sites excluding steroid dienone is 2. The smallest absolute Gasteiger partial charge is 0.286 e. The van der Waals surface area contributed by atoms with Gasteiger partial charge in [-0.3, -0.25) is 4.79 Å². The van der Waals surface area contributed by atoms with Gasteiger partial charge < -0.3 is 4.52 Å². The van der Waals surface area contributed by atoms with Gasteiger partial charge in [-0.2, -0.15) is 4.98 Å². The van der Waals surface area contributed by atoms with Crippen LogP contribution in [0.15, 0.2) is 34.6 Å². The van der Waals surface area contributed by atoms with E-state index >= 15 is 0 Å². The summed E-state index contributed by atoms with van der Waals surface area (Å²) in [6, 6.07) is 0. The van der Waals surface area contributed by atoms with E-state index in [0.717, 1.165) is 0 Å². The van der Waals surface area contributed by atoms with Crippen LogP contribution in [0.25, 0.3) is 11.4 Å². The largest absolute Gasteiger partial charge is 0.384 e. The average molecular weight is 217 g/mol. The molecule has 0 aliphatic carbocycles. The Morgan fingerprint density at radius 2 is 2.00 bits per heavy atom. The van der Waals surface area contributed by atoms with Gasteiger partial charge >= 0.3 is 0 Å². The molecule has 0 fully saturated rings. The van der Waals surface area contributed by atoms with E-state index in [-0.39, 0.29) is 5.56 Å². The molecule has 0 unspecified atom stereocenters. The molecule has 16 heavy (non-hydrogen) atoms. The lowest BCUT2D eigenvalue weighted by atomic mass is 10.2. The van der Waals surface area contributed by atoms with Crippen molar-refractivity contribution in [3.05, 3.63) is 47.2 Å². The highest BCUT2D eigenvalue weighted by Crippen LogP contribution is 2.19. The van der Waals surface area contributed by atoms with Crippen molar-refractivity contribution in [1.82, 2.24) is 15.1 Å². The van der Waals surface area contributed by atoms with Gasteiger partial charge in [0.05, 0.1) is 0 Å². The summed E-state index contributed by atoms with van der Waals surface area (Å²) in [5.74, 6) is 1.38. The summed E-state index contributed by atoms with van der Waals surface area (Å²) in [5, 5.41) is 2.60. The van der Waals surface area contributed by atoms with Crippen LogP contribution in [0.5, 0.6) is 0 Å². The van der Waals surface area contributed by atoms with Gasteiger partial charge in [0, 0.05) is 12.8 Å². The standard InChI is InChI=1S/C11H11N3O2/c1-3-5-7-9-10(14-16-7)12-8(6-4-2)13-11(9)15/h3-4H,1-2,5-6H2,(H,12,13,14,15). The summed E-state index contributed by atoms with van der Waals surface area (Å²) < 4.78 is 5.14. The van der Waals surface area contributed by atoms with E-state index in [1.165, 1.54) is 0 Å². The molecular formula is C11H11N3O2. The Labute approximate surface area is 91.8 Å². The maximum absolute atomic E-state index is 11.7. The van der Waals surface area contributed by atoms with Gasteiger partial charge in [-0.25, -0.2) is 10.1 Å². The molecule has 2 rings (SSSR count). The van der Waals surface area contributed by atoms with Crippen LogP contribution in [-0.4, -0.2) is 15.1 Å². The van der Waals surface area contributed by atoms with Crippen molar-refractivity contribution in [2.24, 2.45) is 0 Å². The quantitative estimate of drug-likeness (QED) is 0.784. The predicted molar refractivity (Wildman–Crippen MR) is 59.3 cm³/mol. The van der Waals surface area contributed by atoms with Gasteiger partial charge in [-0.15, -0.1) is 13.2 Å². The Morgan fingerprint density at radius 1 is 1.25 bits per heavy atom. The SMILES string of the molecule is C=CCc1nc2[nH]oc(CC=C)c-2c(=O)n1. The van der Waals surface area contributed by atoms with E-state index < -0.39 is 0 Å². The Morgan fingerprint density at radius 3 is 2.69 bits per heavy atom. The van der Waals surface area contributed by atoms with Crippen LogP contribution in [-0.2, 0) is 12.8 Å². The minimum atomic E-state index is -0.330. The zero-order valence-corrected chi connectivity index (χ0v) is 8.69. The van der Waals surface area contributed by atoms with Crippen LogP contribution >= 0.6 is 0 Å². The molecule has 0 radical (unpaired) electrons. The number of H-pyrrole nitrogens is 1. The van der Waals surface area contributed by atoms with Crippen molar-refractivity contribution in [2.75, 3.05) is 0 Å². The molecule has 0 saturated heterocycles. The van der Waals surface area contributed by atoms with E-state index in [1.807, 2.05) is 0 Å². The van der Waals surface area contributed by atoms with E-state index in [1.54, 1.807) is 12.2 Å². The molecule has 0 aromatic rings. The summed E-state index contributed by atoms with van der Waals surface area (Å²) in [5.41, 5.74) is 0.0661. The lowest BCUT2D eigenvalue weighted by Gasteiger charge is -1.97. The maximum Gasteiger partial charge on any atom is 0.286 e. The van der Waals surface area contributed by atoms with Crippen LogP contribution in [0.1, 0.15) is 11.6 Å². The first-order valence-corrected chi connectivity index (χ1v) is 4.85. The first-order valence-electron chi connectivity index (χ1n) is 4.85. The number of rotatable bonds is 4. The van der Waals surface area contributed by atoms with Gasteiger partial charge in [0.25, 0.3) is 5.56 Å². The normalized spacial score (nSPS) is 10.5. The van der Waals surface area contributed by atoms with Crippen LogP contribution < -0.4 is 5.56 Å². The molecular weight excluding hydrogens is 206 g/mol. The molecule has 0 atom stereocenters. The highest BCUT2D eigenvalue weighted by molar-refractivity contribution is 5.57. The molecule has 0 amide bonds. The van der Waals surface area contributed by atoms with Crippen LogP contribution in [0.4, 0.5) is 0 Å². The molecule has 2 aliphatic heterocycles. The molecule has 0 aromatic heterocycles. The molecule has 5 nitrogen and oxygen atoms in total. The fourth-order valence-corrected chi connectivity index (χ4v) is 1.47. The third-order valence-electron chi connectivity index (χ3n) is 2.13. The number of nitrogens with one attached hydrogen (secondary N) is 1. The zero-order valence-electron chi connectivity index (χ0n) is 8.69. The molecule has 5 heteroatoms. The summed E-state index contributed by atoms with van der Waals surface area (Å²) in [4.78, 5) is 19.7. The topological polar surface area (TPSA) is 71.8 Å². The van der Waals surface area contributed by atoms with Crippen molar-refractivity contribution in [2.45, 2.75) is 12.8 Å². The van der Waals surface area contributed by atoms with Gasteiger partial charge in [-0.05, 0) is 0 Å². The number of aromatic amines is 1. The lowest BCUT2D eigenvalue weighted by Crippen LogP contribution is -2.15. The average Bonchev–Trinajstić information content (AvgIpc) is 2.63. The predicted octanol–water partition coefficient (Wildman–Crippen LogP) is 1.32.